The lowest BCUT2D eigenvalue weighted by Crippen LogP contribution is -2.14. The summed E-state index contributed by atoms with van der Waals surface area (Å²) in [6, 6.07) is 11.1. The summed E-state index contributed by atoms with van der Waals surface area (Å²) in [5.74, 6) is 0. The molecule has 0 saturated carbocycles. The molecule has 0 amide bonds. The Balaban J connectivity index is 2.44. The molecule has 0 spiro atoms. The zero-order valence-electron chi connectivity index (χ0n) is 10.9. The van der Waals surface area contributed by atoms with E-state index in [1.54, 1.807) is 18.2 Å². The highest BCUT2D eigenvalue weighted by Gasteiger charge is 2.21. The van der Waals surface area contributed by atoms with E-state index in [2.05, 4.69) is 20.7 Å². The van der Waals surface area contributed by atoms with Gasteiger partial charge in [0.15, 0.2) is 0 Å². The van der Waals surface area contributed by atoms with Crippen LogP contribution in [0.3, 0.4) is 0 Å². The van der Waals surface area contributed by atoms with Crippen molar-refractivity contribution >= 4 is 37.3 Å². The number of benzene rings is 2. The molecule has 0 radical (unpaired) electrons. The number of nitro benzene ring substituents is 1. The van der Waals surface area contributed by atoms with Crippen LogP contribution in [-0.4, -0.2) is 13.3 Å². The second kappa shape index (κ2) is 6.13. The Labute approximate surface area is 134 Å². The average molecular weight is 382 g/mol. The van der Waals surface area contributed by atoms with Crippen LogP contribution in [0.15, 0.2) is 51.8 Å². The molecule has 0 fully saturated rings. The van der Waals surface area contributed by atoms with E-state index in [0.717, 1.165) is 6.07 Å². The van der Waals surface area contributed by atoms with Gasteiger partial charge in [-0.15, -0.1) is 0 Å². The Morgan fingerprint density at radius 2 is 1.82 bits per heavy atom. The molecule has 0 heterocycles. The number of hydrogen-bond acceptors (Lipinski definition) is 5. The summed E-state index contributed by atoms with van der Waals surface area (Å²) in [5.41, 5.74) is -0.620. The highest BCUT2D eigenvalue weighted by molar-refractivity contribution is 9.10. The van der Waals surface area contributed by atoms with Gasteiger partial charge in [0.1, 0.15) is 5.69 Å². The number of nitro groups is 1. The van der Waals surface area contributed by atoms with Crippen molar-refractivity contribution < 1.29 is 13.3 Å². The van der Waals surface area contributed by atoms with Gasteiger partial charge in [-0.25, -0.2) is 8.42 Å². The smallest absolute Gasteiger partial charge is 0.273 e. The van der Waals surface area contributed by atoms with Crippen molar-refractivity contribution in [3.63, 3.8) is 0 Å². The predicted molar refractivity (Wildman–Crippen MR) is 82.8 cm³/mol. The molecular formula is C13H8BrN3O4S. The second-order valence-electron chi connectivity index (χ2n) is 4.16. The van der Waals surface area contributed by atoms with Gasteiger partial charge in [-0.05, 0) is 36.4 Å². The van der Waals surface area contributed by atoms with Gasteiger partial charge < -0.3 is 0 Å². The first-order valence-corrected chi connectivity index (χ1v) is 8.08. The van der Waals surface area contributed by atoms with Crippen LogP contribution >= 0.6 is 15.9 Å². The van der Waals surface area contributed by atoms with Crippen LogP contribution in [0.2, 0.25) is 0 Å². The summed E-state index contributed by atoms with van der Waals surface area (Å²) in [5, 5.41) is 19.8. The Hall–Kier alpha value is -2.44. The van der Waals surface area contributed by atoms with Gasteiger partial charge in [-0.1, -0.05) is 15.9 Å². The first-order chi connectivity index (χ1) is 10.3. The first-order valence-electron chi connectivity index (χ1n) is 5.80. The SMILES string of the molecule is N#Cc1ccc(NS(=O)(=O)c2ccc(Br)cc2)c([N+](=O)[O-])c1. The lowest BCUT2D eigenvalue weighted by molar-refractivity contribution is -0.383. The molecule has 22 heavy (non-hydrogen) atoms. The van der Waals surface area contributed by atoms with E-state index in [1.807, 2.05) is 0 Å². The van der Waals surface area contributed by atoms with E-state index >= 15 is 0 Å². The molecule has 0 aliphatic rings. The average Bonchev–Trinajstić information content (AvgIpc) is 2.47. The van der Waals surface area contributed by atoms with Crippen molar-refractivity contribution in [2.45, 2.75) is 4.90 Å². The molecule has 0 unspecified atom stereocenters. The monoisotopic (exact) mass is 381 g/mol. The highest BCUT2D eigenvalue weighted by atomic mass is 79.9. The summed E-state index contributed by atoms with van der Waals surface area (Å²) in [4.78, 5) is 10.2. The van der Waals surface area contributed by atoms with Crippen LogP contribution < -0.4 is 4.72 Å². The Morgan fingerprint density at radius 1 is 1.18 bits per heavy atom. The van der Waals surface area contributed by atoms with Crippen molar-refractivity contribution in [1.82, 2.24) is 0 Å². The van der Waals surface area contributed by atoms with E-state index < -0.39 is 20.6 Å². The summed E-state index contributed by atoms with van der Waals surface area (Å²) in [6.07, 6.45) is 0. The number of hydrogen-bond donors (Lipinski definition) is 1. The van der Waals surface area contributed by atoms with Crippen LogP contribution in [0.1, 0.15) is 5.56 Å². The quantitative estimate of drug-likeness (QED) is 0.645. The molecule has 2 aromatic rings. The highest BCUT2D eigenvalue weighted by Crippen LogP contribution is 2.28. The molecule has 2 rings (SSSR count). The maximum Gasteiger partial charge on any atom is 0.294 e. The van der Waals surface area contributed by atoms with E-state index in [4.69, 9.17) is 5.26 Å². The lowest BCUT2D eigenvalue weighted by Gasteiger charge is -2.08. The number of sulfonamides is 1. The zero-order chi connectivity index (χ0) is 16.3. The number of halogens is 1. The van der Waals surface area contributed by atoms with E-state index in [0.29, 0.717) is 4.47 Å². The summed E-state index contributed by atoms with van der Waals surface area (Å²) >= 11 is 3.19. The zero-order valence-corrected chi connectivity index (χ0v) is 13.3. The van der Waals surface area contributed by atoms with Gasteiger partial charge in [0.05, 0.1) is 21.5 Å². The molecule has 0 aliphatic heterocycles. The van der Waals surface area contributed by atoms with Crippen molar-refractivity contribution in [2.24, 2.45) is 0 Å². The molecule has 0 saturated heterocycles. The summed E-state index contributed by atoms with van der Waals surface area (Å²) < 4.78 is 27.3. The van der Waals surface area contributed by atoms with E-state index in [1.165, 1.54) is 24.3 Å². The molecule has 7 nitrogen and oxygen atoms in total. The van der Waals surface area contributed by atoms with Gasteiger partial charge in [-0.3, -0.25) is 14.8 Å². The molecular weight excluding hydrogens is 374 g/mol. The second-order valence-corrected chi connectivity index (χ2v) is 6.76. The van der Waals surface area contributed by atoms with Crippen LogP contribution in [0.5, 0.6) is 0 Å². The molecule has 1 N–H and O–H groups in total. The number of nitrogens with one attached hydrogen (secondary N) is 1. The lowest BCUT2D eigenvalue weighted by atomic mass is 10.2. The molecule has 0 bridgehead atoms. The number of nitrogens with zero attached hydrogens (tertiary/aromatic N) is 2. The summed E-state index contributed by atoms with van der Waals surface area (Å²) in [6.45, 7) is 0. The molecule has 0 aliphatic carbocycles. The molecule has 0 atom stereocenters. The third-order valence-electron chi connectivity index (χ3n) is 2.69. The van der Waals surface area contributed by atoms with E-state index in [9.17, 15) is 18.5 Å². The minimum Gasteiger partial charge on any atom is -0.273 e. The van der Waals surface area contributed by atoms with Gasteiger partial charge in [0, 0.05) is 10.5 Å². The summed E-state index contributed by atoms with van der Waals surface area (Å²) in [7, 11) is -3.96. The maximum atomic E-state index is 12.2. The molecule has 9 heteroatoms. The van der Waals surface area contributed by atoms with Gasteiger partial charge >= 0.3 is 0 Å². The topological polar surface area (TPSA) is 113 Å². The first kappa shape index (κ1) is 15.9. The molecule has 2 aromatic carbocycles. The van der Waals surface area contributed by atoms with Crippen LogP contribution in [0.4, 0.5) is 11.4 Å². The number of nitriles is 1. The van der Waals surface area contributed by atoms with Crippen molar-refractivity contribution in [2.75, 3.05) is 4.72 Å². The maximum absolute atomic E-state index is 12.2. The van der Waals surface area contributed by atoms with E-state index in [-0.39, 0.29) is 16.1 Å². The fourth-order valence-corrected chi connectivity index (χ4v) is 2.99. The van der Waals surface area contributed by atoms with Crippen LogP contribution in [-0.2, 0) is 10.0 Å². The minimum atomic E-state index is -3.96. The molecule has 0 aromatic heterocycles. The van der Waals surface area contributed by atoms with Crippen LogP contribution in [0, 0.1) is 21.4 Å². The van der Waals surface area contributed by atoms with Crippen molar-refractivity contribution in [1.29, 1.82) is 5.26 Å². The normalized spacial score (nSPS) is 10.7. The van der Waals surface area contributed by atoms with Gasteiger partial charge in [0.2, 0.25) is 0 Å². The van der Waals surface area contributed by atoms with Crippen LogP contribution in [0.25, 0.3) is 0 Å². The predicted octanol–water partition coefficient (Wildman–Crippen LogP) is 3.03. The Morgan fingerprint density at radius 3 is 2.36 bits per heavy atom. The fourth-order valence-electron chi connectivity index (χ4n) is 1.66. The Bertz CT molecular complexity index is 873. The standard InChI is InChI=1S/C13H8BrN3O4S/c14-10-2-4-11(5-3-10)22(20,21)16-12-6-1-9(8-15)7-13(12)17(18)19/h1-7,16H. The minimum absolute atomic E-state index is 0.0330. The third-order valence-corrected chi connectivity index (χ3v) is 4.60. The van der Waals surface area contributed by atoms with Gasteiger partial charge in [-0.2, -0.15) is 5.26 Å². The van der Waals surface area contributed by atoms with Crippen molar-refractivity contribution in [3.8, 4) is 6.07 Å². The molecule has 112 valence electrons. The number of anilines is 1. The fraction of sp³-hybridized carbons (Fsp3) is 0. The largest absolute Gasteiger partial charge is 0.294 e. The third kappa shape index (κ3) is 3.41. The number of rotatable bonds is 4. The van der Waals surface area contributed by atoms with Gasteiger partial charge in [0.25, 0.3) is 15.7 Å². The Kier molecular flexibility index (Phi) is 4.44. The van der Waals surface area contributed by atoms with Crippen molar-refractivity contribution in [3.05, 3.63) is 62.6 Å².